The number of non-ortho nitro benzene ring substituents is 1. The maximum absolute atomic E-state index is 11.4. The smallest absolute Gasteiger partial charge is 0.316 e. The average Bonchev–Trinajstić information content (AvgIpc) is 2.27. The first-order chi connectivity index (χ1) is 8.88. The minimum atomic E-state index is -1.81. The van der Waals surface area contributed by atoms with Gasteiger partial charge in [0.15, 0.2) is 0 Å². The van der Waals surface area contributed by atoms with Crippen molar-refractivity contribution in [1.29, 1.82) is 0 Å². The third kappa shape index (κ3) is 5.25. The van der Waals surface area contributed by atoms with E-state index in [9.17, 15) is 23.9 Å². The Morgan fingerprint density at radius 3 is 2.63 bits per heavy atom. The monoisotopic (exact) mass is 286 g/mol. The summed E-state index contributed by atoms with van der Waals surface area (Å²) in [5, 5.41) is 21.2. The third-order valence-electron chi connectivity index (χ3n) is 1.92. The summed E-state index contributed by atoms with van der Waals surface area (Å²) >= 11 is 0. The molecule has 0 aromatic heterocycles. The SMILES string of the molecule is O=C(O)C[S@](=O)CC(=O)Nc1cccc([N+](=O)[O-])c1. The normalized spacial score (nSPS) is 11.6. The highest BCUT2D eigenvalue weighted by atomic mass is 32.2. The maximum atomic E-state index is 11.4. The van der Waals surface area contributed by atoms with Gasteiger partial charge in [-0.25, -0.2) is 0 Å². The van der Waals surface area contributed by atoms with E-state index in [-0.39, 0.29) is 11.4 Å². The minimum Gasteiger partial charge on any atom is -0.481 e. The van der Waals surface area contributed by atoms with Crippen molar-refractivity contribution in [1.82, 2.24) is 0 Å². The van der Waals surface area contributed by atoms with Gasteiger partial charge in [0.05, 0.1) is 4.92 Å². The number of carboxylic acids is 1. The molecular weight excluding hydrogens is 276 g/mol. The Labute approximate surface area is 110 Å². The molecule has 0 aliphatic carbocycles. The summed E-state index contributed by atoms with van der Waals surface area (Å²) in [7, 11) is -1.81. The number of amides is 1. The van der Waals surface area contributed by atoms with E-state index in [0.717, 1.165) is 6.07 Å². The second kappa shape index (κ2) is 6.59. The number of hydrogen-bond acceptors (Lipinski definition) is 5. The first-order valence-electron chi connectivity index (χ1n) is 4.99. The van der Waals surface area contributed by atoms with Crippen LogP contribution in [0.5, 0.6) is 0 Å². The van der Waals surface area contributed by atoms with Crippen LogP contribution in [0.15, 0.2) is 24.3 Å². The topological polar surface area (TPSA) is 127 Å². The molecule has 0 saturated heterocycles. The molecule has 0 spiro atoms. The highest BCUT2D eigenvalue weighted by molar-refractivity contribution is 7.86. The number of carbonyl (C=O) groups excluding carboxylic acids is 1. The molecule has 102 valence electrons. The van der Waals surface area contributed by atoms with E-state index >= 15 is 0 Å². The second-order valence-corrected chi connectivity index (χ2v) is 4.93. The fraction of sp³-hybridized carbons (Fsp3) is 0.200. The van der Waals surface area contributed by atoms with Crippen LogP contribution in [-0.4, -0.2) is 37.6 Å². The fourth-order valence-corrected chi connectivity index (χ4v) is 1.97. The molecule has 1 aromatic rings. The molecule has 0 saturated carbocycles. The molecule has 19 heavy (non-hydrogen) atoms. The van der Waals surface area contributed by atoms with E-state index in [4.69, 9.17) is 5.11 Å². The van der Waals surface area contributed by atoms with E-state index in [1.54, 1.807) is 0 Å². The number of carbonyl (C=O) groups is 2. The minimum absolute atomic E-state index is 0.187. The number of nitrogens with zero attached hydrogens (tertiary/aromatic N) is 1. The highest BCUT2D eigenvalue weighted by Gasteiger charge is 2.13. The van der Waals surface area contributed by atoms with Gasteiger partial charge in [0.2, 0.25) is 5.91 Å². The molecule has 9 heteroatoms. The quantitative estimate of drug-likeness (QED) is 0.574. The second-order valence-electron chi connectivity index (χ2n) is 3.48. The van der Waals surface area contributed by atoms with Gasteiger partial charge in [-0.15, -0.1) is 0 Å². The number of benzene rings is 1. The Morgan fingerprint density at radius 2 is 2.05 bits per heavy atom. The molecular formula is C10H10N2O6S. The summed E-state index contributed by atoms with van der Waals surface area (Å²) in [6, 6.07) is 5.24. The Hall–Kier alpha value is -2.29. The van der Waals surface area contributed by atoms with Gasteiger partial charge in [0.25, 0.3) is 5.69 Å². The van der Waals surface area contributed by atoms with Gasteiger partial charge >= 0.3 is 5.97 Å². The molecule has 1 amide bonds. The third-order valence-corrected chi connectivity index (χ3v) is 3.07. The maximum Gasteiger partial charge on any atom is 0.316 e. The van der Waals surface area contributed by atoms with Crippen molar-refractivity contribution >= 4 is 34.1 Å². The standard InChI is InChI=1S/C10H10N2O6S/c13-9(5-19(18)6-10(14)15)11-7-2-1-3-8(4-7)12(16)17/h1-4H,5-6H2,(H,11,13)(H,14,15)/t19-/m1/s1. The lowest BCUT2D eigenvalue weighted by atomic mass is 10.3. The zero-order chi connectivity index (χ0) is 14.4. The lowest BCUT2D eigenvalue weighted by Crippen LogP contribution is -2.23. The molecule has 2 N–H and O–H groups in total. The van der Waals surface area contributed by atoms with E-state index < -0.39 is 39.1 Å². The molecule has 0 bridgehead atoms. The van der Waals surface area contributed by atoms with Crippen LogP contribution >= 0.6 is 0 Å². The van der Waals surface area contributed by atoms with Crippen molar-refractivity contribution in [2.45, 2.75) is 0 Å². The number of nitrogens with one attached hydrogen (secondary N) is 1. The molecule has 1 aromatic carbocycles. The van der Waals surface area contributed by atoms with Gasteiger partial charge in [0.1, 0.15) is 11.5 Å². The number of aliphatic carboxylic acids is 1. The largest absolute Gasteiger partial charge is 0.481 e. The molecule has 0 radical (unpaired) electrons. The Morgan fingerprint density at radius 1 is 1.37 bits per heavy atom. The number of anilines is 1. The first-order valence-corrected chi connectivity index (χ1v) is 6.48. The summed E-state index contributed by atoms with van der Waals surface area (Å²) in [4.78, 5) is 31.6. The summed E-state index contributed by atoms with van der Waals surface area (Å²) in [6.45, 7) is 0. The van der Waals surface area contributed by atoms with Crippen LogP contribution in [0.3, 0.4) is 0 Å². The van der Waals surface area contributed by atoms with Crippen molar-refractivity contribution in [3.63, 3.8) is 0 Å². The fourth-order valence-electron chi connectivity index (χ4n) is 1.23. The van der Waals surface area contributed by atoms with Gasteiger partial charge in [-0.3, -0.25) is 23.9 Å². The number of rotatable bonds is 6. The van der Waals surface area contributed by atoms with Crippen LogP contribution in [0.2, 0.25) is 0 Å². The zero-order valence-electron chi connectivity index (χ0n) is 9.57. The number of hydrogen-bond donors (Lipinski definition) is 2. The number of nitro benzene ring substituents is 1. The summed E-state index contributed by atoms with van der Waals surface area (Å²) in [5.41, 5.74) is -0.00372. The summed E-state index contributed by atoms with van der Waals surface area (Å²) in [6.07, 6.45) is 0. The molecule has 0 aliphatic rings. The summed E-state index contributed by atoms with van der Waals surface area (Å²) < 4.78 is 11.2. The highest BCUT2D eigenvalue weighted by Crippen LogP contribution is 2.16. The van der Waals surface area contributed by atoms with E-state index in [1.807, 2.05) is 0 Å². The predicted octanol–water partition coefficient (Wildman–Crippen LogP) is 0.367. The van der Waals surface area contributed by atoms with Gasteiger partial charge in [-0.05, 0) is 6.07 Å². The molecule has 1 rings (SSSR count). The summed E-state index contributed by atoms with van der Waals surface area (Å²) in [5.74, 6) is -3.03. The van der Waals surface area contributed by atoms with Gasteiger partial charge < -0.3 is 10.4 Å². The van der Waals surface area contributed by atoms with Crippen LogP contribution < -0.4 is 5.32 Å². The lowest BCUT2D eigenvalue weighted by molar-refractivity contribution is -0.384. The van der Waals surface area contributed by atoms with Crippen LogP contribution in [0.1, 0.15) is 0 Å². The van der Waals surface area contributed by atoms with Crippen molar-refractivity contribution < 1.29 is 23.8 Å². The molecule has 0 heterocycles. The van der Waals surface area contributed by atoms with Crippen molar-refractivity contribution in [2.75, 3.05) is 16.8 Å². The predicted molar refractivity (Wildman–Crippen MR) is 67.2 cm³/mol. The van der Waals surface area contributed by atoms with Crippen molar-refractivity contribution in [2.24, 2.45) is 0 Å². The van der Waals surface area contributed by atoms with Gasteiger partial charge in [-0.1, -0.05) is 6.07 Å². The molecule has 0 aliphatic heterocycles. The van der Waals surface area contributed by atoms with Crippen LogP contribution in [0.25, 0.3) is 0 Å². The molecule has 1 atom stereocenters. The van der Waals surface area contributed by atoms with Crippen molar-refractivity contribution in [3.8, 4) is 0 Å². The van der Waals surface area contributed by atoms with E-state index in [1.165, 1.54) is 18.2 Å². The van der Waals surface area contributed by atoms with Crippen LogP contribution in [0.4, 0.5) is 11.4 Å². The van der Waals surface area contributed by atoms with Crippen LogP contribution in [-0.2, 0) is 20.4 Å². The number of nitro groups is 1. The van der Waals surface area contributed by atoms with Gasteiger partial charge in [-0.2, -0.15) is 0 Å². The van der Waals surface area contributed by atoms with Crippen molar-refractivity contribution in [3.05, 3.63) is 34.4 Å². The Kier molecular flexibility index (Phi) is 5.12. The van der Waals surface area contributed by atoms with E-state index in [2.05, 4.69) is 5.32 Å². The molecule has 0 fully saturated rings. The number of carboxylic acid groups (broad SMARTS) is 1. The Bertz CT molecular complexity index is 545. The van der Waals surface area contributed by atoms with E-state index in [0.29, 0.717) is 0 Å². The lowest BCUT2D eigenvalue weighted by Gasteiger charge is -2.04. The van der Waals surface area contributed by atoms with Gasteiger partial charge in [0, 0.05) is 28.6 Å². The van der Waals surface area contributed by atoms with Crippen LogP contribution in [0, 0.1) is 10.1 Å². The Balaban J connectivity index is 2.62. The molecule has 0 unspecified atom stereocenters. The molecule has 8 nitrogen and oxygen atoms in total. The average molecular weight is 286 g/mol. The zero-order valence-corrected chi connectivity index (χ0v) is 10.4. The first kappa shape index (κ1) is 14.8.